The van der Waals surface area contributed by atoms with Gasteiger partial charge in [-0.1, -0.05) is 0 Å². The summed E-state index contributed by atoms with van der Waals surface area (Å²) >= 11 is 2.88. The second kappa shape index (κ2) is 11.3. The van der Waals surface area contributed by atoms with Gasteiger partial charge in [-0.2, -0.15) is 0 Å². The Morgan fingerprint density at radius 1 is 0.686 bits per heavy atom. The first-order valence-electron chi connectivity index (χ1n) is 12.0. The lowest BCUT2D eigenvalue weighted by atomic mass is 9.95. The third-order valence-corrected chi connectivity index (χ3v) is 8.85. The average molecular weight is 519 g/mol. The number of amides is 2. The second-order valence-corrected chi connectivity index (χ2v) is 11.0. The number of thiophene rings is 2. The van der Waals surface area contributed by atoms with E-state index >= 15 is 0 Å². The first-order chi connectivity index (χ1) is 16.9. The van der Waals surface area contributed by atoms with Crippen LogP contribution in [0.25, 0.3) is 0 Å². The molecular formula is C25H30N2O6S2. The average Bonchev–Trinajstić information content (AvgIpc) is 3.40. The van der Waals surface area contributed by atoms with Crippen LogP contribution < -0.4 is 10.6 Å². The van der Waals surface area contributed by atoms with Crippen LogP contribution >= 0.6 is 22.7 Å². The SMILES string of the molecule is COC(=O)c1c(NC(=O)CCCC(=O)Nc2sc3c(c2C(=O)OC)CCCC3)sc2c1CCCC2. The molecule has 2 heterocycles. The van der Waals surface area contributed by atoms with Crippen LogP contribution in [-0.2, 0) is 44.7 Å². The van der Waals surface area contributed by atoms with Crippen molar-refractivity contribution < 1.29 is 28.7 Å². The van der Waals surface area contributed by atoms with Crippen molar-refractivity contribution >= 4 is 56.4 Å². The molecule has 2 aromatic rings. The van der Waals surface area contributed by atoms with Gasteiger partial charge in [0, 0.05) is 22.6 Å². The van der Waals surface area contributed by atoms with Gasteiger partial charge in [-0.05, 0) is 68.9 Å². The van der Waals surface area contributed by atoms with Crippen molar-refractivity contribution in [1.29, 1.82) is 0 Å². The molecule has 0 radical (unpaired) electrons. The lowest BCUT2D eigenvalue weighted by molar-refractivity contribution is -0.117. The zero-order chi connectivity index (χ0) is 24.9. The number of nitrogens with one attached hydrogen (secondary N) is 2. The highest BCUT2D eigenvalue weighted by atomic mass is 32.1. The topological polar surface area (TPSA) is 111 Å². The molecule has 188 valence electrons. The predicted molar refractivity (Wildman–Crippen MR) is 136 cm³/mol. The molecule has 35 heavy (non-hydrogen) atoms. The van der Waals surface area contributed by atoms with E-state index in [1.165, 1.54) is 36.9 Å². The van der Waals surface area contributed by atoms with Gasteiger partial charge in [0.1, 0.15) is 10.0 Å². The van der Waals surface area contributed by atoms with Gasteiger partial charge in [-0.3, -0.25) is 9.59 Å². The Morgan fingerprint density at radius 3 is 1.49 bits per heavy atom. The molecule has 0 saturated heterocycles. The van der Waals surface area contributed by atoms with Crippen LogP contribution in [0.4, 0.5) is 10.0 Å². The maximum Gasteiger partial charge on any atom is 0.341 e. The molecule has 2 N–H and O–H groups in total. The van der Waals surface area contributed by atoms with Crippen molar-refractivity contribution in [3.63, 3.8) is 0 Å². The first kappa shape index (κ1) is 25.4. The highest BCUT2D eigenvalue weighted by Gasteiger charge is 2.28. The number of carbonyl (C=O) groups excluding carboxylic acids is 4. The van der Waals surface area contributed by atoms with Gasteiger partial charge >= 0.3 is 11.9 Å². The predicted octanol–water partition coefficient (Wildman–Crippen LogP) is 4.89. The van der Waals surface area contributed by atoms with E-state index in [-0.39, 0.29) is 24.7 Å². The summed E-state index contributed by atoms with van der Waals surface area (Å²) in [4.78, 5) is 52.1. The maximum absolute atomic E-state index is 12.6. The quantitative estimate of drug-likeness (QED) is 0.482. The summed E-state index contributed by atoms with van der Waals surface area (Å²) in [5.74, 6) is -1.36. The fourth-order valence-corrected chi connectivity index (χ4v) is 7.32. The van der Waals surface area contributed by atoms with E-state index in [9.17, 15) is 19.2 Å². The highest BCUT2D eigenvalue weighted by Crippen LogP contribution is 2.40. The summed E-state index contributed by atoms with van der Waals surface area (Å²) in [7, 11) is 2.68. The standard InChI is InChI=1S/C25H30N2O6S2/c1-32-24(30)20-14-8-3-5-10-16(14)34-22(20)26-18(28)12-7-13-19(29)27-23-21(25(31)33-2)15-9-4-6-11-17(15)35-23/h3-13H2,1-2H3,(H,26,28)(H,27,29). The summed E-state index contributed by atoms with van der Waals surface area (Å²) in [5.41, 5.74) is 2.91. The molecule has 2 aliphatic rings. The molecule has 4 rings (SSSR count). The Labute approximate surface area is 212 Å². The number of fused-ring (bicyclic) bond motifs is 2. The molecule has 2 aliphatic carbocycles. The number of ether oxygens (including phenoxy) is 2. The normalized spacial score (nSPS) is 14.5. The van der Waals surface area contributed by atoms with Gasteiger partial charge < -0.3 is 20.1 Å². The van der Waals surface area contributed by atoms with E-state index in [2.05, 4.69) is 10.6 Å². The molecule has 0 atom stereocenters. The van der Waals surface area contributed by atoms with E-state index in [1.54, 1.807) is 0 Å². The molecule has 2 amide bonds. The minimum atomic E-state index is -0.431. The Morgan fingerprint density at radius 2 is 1.09 bits per heavy atom. The minimum Gasteiger partial charge on any atom is -0.465 e. The second-order valence-electron chi connectivity index (χ2n) is 8.76. The summed E-state index contributed by atoms with van der Waals surface area (Å²) in [6, 6.07) is 0. The number of anilines is 2. The van der Waals surface area contributed by atoms with E-state index in [0.717, 1.165) is 72.2 Å². The number of aryl methyl sites for hydroxylation is 2. The lowest BCUT2D eigenvalue weighted by Gasteiger charge is -2.12. The molecule has 0 fully saturated rings. The van der Waals surface area contributed by atoms with Gasteiger partial charge in [0.05, 0.1) is 25.3 Å². The number of hydrogen-bond acceptors (Lipinski definition) is 8. The molecule has 8 nitrogen and oxygen atoms in total. The van der Waals surface area contributed by atoms with Crippen LogP contribution in [0.1, 0.15) is 86.5 Å². The van der Waals surface area contributed by atoms with E-state index in [4.69, 9.17) is 9.47 Å². The molecule has 10 heteroatoms. The summed E-state index contributed by atoms with van der Waals surface area (Å²) in [6.07, 6.45) is 8.22. The smallest absolute Gasteiger partial charge is 0.341 e. The van der Waals surface area contributed by atoms with Crippen molar-refractivity contribution in [1.82, 2.24) is 0 Å². The molecule has 0 unspecified atom stereocenters. The summed E-state index contributed by atoms with van der Waals surface area (Å²) in [6.45, 7) is 0. The van der Waals surface area contributed by atoms with E-state index in [0.29, 0.717) is 27.5 Å². The Bertz CT molecular complexity index is 1060. The van der Waals surface area contributed by atoms with Crippen LogP contribution in [0.15, 0.2) is 0 Å². The van der Waals surface area contributed by atoms with Gasteiger partial charge in [-0.15, -0.1) is 22.7 Å². The van der Waals surface area contributed by atoms with E-state index in [1.807, 2.05) is 0 Å². The summed E-state index contributed by atoms with van der Waals surface area (Å²) < 4.78 is 9.90. The molecule has 2 aromatic heterocycles. The zero-order valence-corrected chi connectivity index (χ0v) is 21.7. The highest BCUT2D eigenvalue weighted by molar-refractivity contribution is 7.17. The Kier molecular flexibility index (Phi) is 8.22. The van der Waals surface area contributed by atoms with Crippen molar-refractivity contribution in [2.75, 3.05) is 24.9 Å². The van der Waals surface area contributed by atoms with Crippen molar-refractivity contribution in [3.8, 4) is 0 Å². The Balaban J connectivity index is 1.34. The van der Waals surface area contributed by atoms with Gasteiger partial charge in [0.15, 0.2) is 0 Å². The van der Waals surface area contributed by atoms with E-state index < -0.39 is 11.9 Å². The molecule has 0 saturated carbocycles. The minimum absolute atomic E-state index is 0.140. The maximum atomic E-state index is 12.6. The molecule has 0 spiro atoms. The van der Waals surface area contributed by atoms with Gasteiger partial charge in [-0.25, -0.2) is 9.59 Å². The first-order valence-corrected chi connectivity index (χ1v) is 13.6. The van der Waals surface area contributed by atoms with Crippen LogP contribution in [0.5, 0.6) is 0 Å². The number of esters is 2. The fraction of sp³-hybridized carbons (Fsp3) is 0.520. The number of hydrogen-bond donors (Lipinski definition) is 2. The fourth-order valence-electron chi connectivity index (χ4n) is 4.73. The third-order valence-electron chi connectivity index (χ3n) is 6.44. The van der Waals surface area contributed by atoms with Gasteiger partial charge in [0.25, 0.3) is 0 Å². The molecule has 0 aromatic carbocycles. The molecular weight excluding hydrogens is 488 g/mol. The number of rotatable bonds is 8. The number of methoxy groups -OCH3 is 2. The third kappa shape index (κ3) is 5.59. The number of carbonyl (C=O) groups is 4. The lowest BCUT2D eigenvalue weighted by Crippen LogP contribution is -2.17. The zero-order valence-electron chi connectivity index (χ0n) is 20.0. The largest absolute Gasteiger partial charge is 0.465 e. The van der Waals surface area contributed by atoms with Gasteiger partial charge in [0.2, 0.25) is 11.8 Å². The Hall–Kier alpha value is -2.72. The van der Waals surface area contributed by atoms with Crippen molar-refractivity contribution in [2.24, 2.45) is 0 Å². The van der Waals surface area contributed by atoms with Crippen molar-refractivity contribution in [2.45, 2.75) is 70.6 Å². The van der Waals surface area contributed by atoms with Crippen LogP contribution in [-0.4, -0.2) is 38.0 Å². The van der Waals surface area contributed by atoms with Crippen LogP contribution in [0, 0.1) is 0 Å². The van der Waals surface area contributed by atoms with Crippen LogP contribution in [0.2, 0.25) is 0 Å². The molecule has 0 bridgehead atoms. The van der Waals surface area contributed by atoms with Crippen LogP contribution in [0.3, 0.4) is 0 Å². The van der Waals surface area contributed by atoms with Crippen molar-refractivity contribution in [3.05, 3.63) is 32.0 Å². The molecule has 0 aliphatic heterocycles. The monoisotopic (exact) mass is 518 g/mol. The summed E-state index contributed by atoms with van der Waals surface area (Å²) in [5, 5.41) is 6.78.